The lowest BCUT2D eigenvalue weighted by Gasteiger charge is -2.09. The van der Waals surface area contributed by atoms with E-state index in [0.29, 0.717) is 30.7 Å². The minimum absolute atomic E-state index is 0.0815. The first-order valence-corrected chi connectivity index (χ1v) is 15.0. The second-order valence-corrected chi connectivity index (χ2v) is 11.0. The number of allylic oxidation sites excluding steroid dienone is 1. The van der Waals surface area contributed by atoms with Gasteiger partial charge in [0.2, 0.25) is 0 Å². The van der Waals surface area contributed by atoms with Crippen LogP contribution in [0.2, 0.25) is 0 Å². The fourth-order valence-electron chi connectivity index (χ4n) is 4.62. The minimum atomic E-state index is -0.408. The Balaban J connectivity index is 0.000000185. The molecule has 6 aromatic rings. The van der Waals surface area contributed by atoms with E-state index in [4.69, 9.17) is 14.6 Å². The molecule has 2 N–H and O–H groups in total. The molecule has 0 atom stereocenters. The van der Waals surface area contributed by atoms with Crippen LogP contribution < -0.4 is 0 Å². The predicted octanol–water partition coefficient (Wildman–Crippen LogP) is 6.50. The summed E-state index contributed by atoms with van der Waals surface area (Å²) in [6.07, 6.45) is 2.58. The van der Waals surface area contributed by atoms with Gasteiger partial charge in [0.05, 0.1) is 18.9 Å². The largest absolute Gasteiger partial charge is 0.509 e. The molecule has 0 spiro atoms. The highest BCUT2D eigenvalue weighted by molar-refractivity contribution is 5.86. The standard InChI is InChI=1S/C18H17N3O3.C18H19N3O2/c1-12(2)18(23)24-10-9-13-7-8-17(22)16(11-13)21-19-14-5-3-4-6-15(14)20-21;1-13-7-8-15(9-10-23-12-14(2)22)18(11-13)21-19-16-5-3-4-6-17(16)20-21/h3-8,11,22H,1,9-10H2,2H3;3-8,11-12,22H,9-10H2,1-2H3. The van der Waals surface area contributed by atoms with Crippen LogP contribution in [0.25, 0.3) is 33.4 Å². The Bertz CT molecular complexity index is 1990. The molecule has 2 aromatic heterocycles. The van der Waals surface area contributed by atoms with Gasteiger partial charge in [-0.05, 0) is 79.9 Å². The number of rotatable bonds is 10. The summed E-state index contributed by atoms with van der Waals surface area (Å²) in [5.41, 5.74) is 8.19. The number of carbonyl (C=O) groups excluding carboxylic acids is 1. The van der Waals surface area contributed by atoms with Gasteiger partial charge in [-0.3, -0.25) is 0 Å². The molecule has 0 unspecified atom stereocenters. The molecule has 0 radical (unpaired) electrons. The number of aliphatic hydroxyl groups is 1. The summed E-state index contributed by atoms with van der Waals surface area (Å²) in [5, 5.41) is 37.1. The Morgan fingerprint density at radius 2 is 1.36 bits per heavy atom. The lowest BCUT2D eigenvalue weighted by molar-refractivity contribution is -0.138. The number of fused-ring (bicyclic) bond motifs is 2. The molecular weight excluding hydrogens is 596 g/mol. The molecule has 4 aromatic carbocycles. The van der Waals surface area contributed by atoms with E-state index < -0.39 is 5.97 Å². The first kappa shape index (κ1) is 32.4. The number of nitrogens with zero attached hydrogens (tertiary/aromatic N) is 6. The summed E-state index contributed by atoms with van der Waals surface area (Å²) >= 11 is 0. The molecular formula is C36H36N6O5. The molecule has 0 fully saturated rings. The maximum absolute atomic E-state index is 11.4. The summed E-state index contributed by atoms with van der Waals surface area (Å²) in [7, 11) is 0. The second-order valence-electron chi connectivity index (χ2n) is 11.0. The van der Waals surface area contributed by atoms with E-state index in [-0.39, 0.29) is 18.1 Å². The lowest BCUT2D eigenvalue weighted by Crippen LogP contribution is -2.08. The number of ether oxygens (including phenoxy) is 2. The van der Waals surface area contributed by atoms with Gasteiger partial charge >= 0.3 is 5.97 Å². The van der Waals surface area contributed by atoms with Crippen LogP contribution >= 0.6 is 0 Å². The SMILES string of the molecule is C=C(C)C(=O)OCCc1ccc(O)c(-n2nc3ccccc3n2)c1.CC(O)=COCCc1ccc(C)cc1-n1nc2ccccc2n1. The van der Waals surface area contributed by atoms with Crippen LogP contribution in [0.4, 0.5) is 0 Å². The van der Waals surface area contributed by atoms with E-state index in [1.165, 1.54) is 11.1 Å². The maximum atomic E-state index is 11.4. The Kier molecular flexibility index (Phi) is 10.3. The number of benzene rings is 4. The molecule has 240 valence electrons. The zero-order valence-electron chi connectivity index (χ0n) is 26.5. The summed E-state index contributed by atoms with van der Waals surface area (Å²) in [6.45, 7) is 9.49. The Labute approximate surface area is 272 Å². The van der Waals surface area contributed by atoms with Crippen molar-refractivity contribution in [3.05, 3.63) is 126 Å². The average molecular weight is 633 g/mol. The number of phenols is 1. The van der Waals surface area contributed by atoms with E-state index >= 15 is 0 Å². The zero-order chi connectivity index (χ0) is 33.3. The fourth-order valence-corrected chi connectivity index (χ4v) is 4.62. The van der Waals surface area contributed by atoms with Crippen molar-refractivity contribution >= 4 is 28.0 Å². The highest BCUT2D eigenvalue weighted by Crippen LogP contribution is 2.23. The van der Waals surface area contributed by atoms with Crippen LogP contribution in [-0.4, -0.2) is 59.4 Å². The molecule has 0 bridgehead atoms. The summed E-state index contributed by atoms with van der Waals surface area (Å²) in [4.78, 5) is 14.5. The van der Waals surface area contributed by atoms with Gasteiger partial charge in [0, 0.05) is 18.4 Å². The van der Waals surface area contributed by atoms with Crippen LogP contribution in [0.3, 0.4) is 0 Å². The molecule has 6 rings (SSSR count). The zero-order valence-corrected chi connectivity index (χ0v) is 26.5. The average Bonchev–Trinajstić information content (AvgIpc) is 3.69. The molecule has 0 amide bonds. The van der Waals surface area contributed by atoms with Crippen molar-refractivity contribution in [1.29, 1.82) is 0 Å². The van der Waals surface area contributed by atoms with Crippen molar-refractivity contribution in [2.75, 3.05) is 13.2 Å². The molecule has 0 aliphatic carbocycles. The number of carbonyl (C=O) groups is 1. The van der Waals surface area contributed by atoms with Crippen molar-refractivity contribution in [3.63, 3.8) is 0 Å². The predicted molar refractivity (Wildman–Crippen MR) is 180 cm³/mol. The molecule has 2 heterocycles. The van der Waals surface area contributed by atoms with Crippen molar-refractivity contribution < 1.29 is 24.5 Å². The fraction of sp³-hybridized carbons (Fsp3) is 0.194. The van der Waals surface area contributed by atoms with Crippen LogP contribution in [0.1, 0.15) is 30.5 Å². The highest BCUT2D eigenvalue weighted by Gasteiger charge is 2.12. The molecule has 47 heavy (non-hydrogen) atoms. The van der Waals surface area contributed by atoms with Gasteiger partial charge in [0.25, 0.3) is 0 Å². The van der Waals surface area contributed by atoms with Gasteiger partial charge in [0.1, 0.15) is 45.5 Å². The Morgan fingerprint density at radius 1 is 0.787 bits per heavy atom. The van der Waals surface area contributed by atoms with Gasteiger partial charge in [-0.1, -0.05) is 49.0 Å². The summed E-state index contributed by atoms with van der Waals surface area (Å²) in [5.74, 6) is -0.166. The number of hydrogen-bond donors (Lipinski definition) is 2. The molecule has 0 aliphatic rings. The third-order valence-electron chi connectivity index (χ3n) is 7.00. The normalized spacial score (nSPS) is 11.3. The third kappa shape index (κ3) is 8.40. The minimum Gasteiger partial charge on any atom is -0.509 e. The van der Waals surface area contributed by atoms with E-state index in [1.54, 1.807) is 36.8 Å². The summed E-state index contributed by atoms with van der Waals surface area (Å²) in [6, 6.07) is 26.6. The van der Waals surface area contributed by atoms with Gasteiger partial charge in [-0.2, -0.15) is 4.80 Å². The number of hydrogen-bond acceptors (Lipinski definition) is 9. The highest BCUT2D eigenvalue weighted by atomic mass is 16.5. The van der Waals surface area contributed by atoms with E-state index in [1.807, 2.05) is 55.5 Å². The first-order chi connectivity index (χ1) is 22.7. The molecule has 11 nitrogen and oxygen atoms in total. The van der Waals surface area contributed by atoms with Gasteiger partial charge < -0.3 is 19.7 Å². The Hall–Kier alpha value is -5.97. The number of aromatic hydroxyl groups is 1. The maximum Gasteiger partial charge on any atom is 0.333 e. The number of aromatic nitrogens is 6. The molecule has 0 saturated carbocycles. The van der Waals surface area contributed by atoms with Crippen molar-refractivity contribution in [2.45, 2.75) is 33.6 Å². The van der Waals surface area contributed by atoms with E-state index in [0.717, 1.165) is 44.4 Å². The van der Waals surface area contributed by atoms with Crippen LogP contribution in [0.15, 0.2) is 109 Å². The molecule has 11 heteroatoms. The number of aryl methyl sites for hydroxylation is 1. The quantitative estimate of drug-likeness (QED) is 0.0751. The number of phenolic OH excluding ortho intramolecular Hbond substituents is 1. The van der Waals surface area contributed by atoms with Crippen molar-refractivity contribution in [2.24, 2.45) is 0 Å². The van der Waals surface area contributed by atoms with Crippen LogP contribution in [-0.2, 0) is 27.1 Å². The number of esters is 1. The van der Waals surface area contributed by atoms with Gasteiger partial charge in [-0.25, -0.2) is 4.79 Å². The number of aliphatic hydroxyl groups excluding tert-OH is 1. The molecule has 0 aliphatic heterocycles. The molecule has 0 saturated heterocycles. The lowest BCUT2D eigenvalue weighted by atomic mass is 10.1. The Morgan fingerprint density at radius 3 is 1.91 bits per heavy atom. The first-order valence-electron chi connectivity index (χ1n) is 15.0. The van der Waals surface area contributed by atoms with E-state index in [9.17, 15) is 9.90 Å². The summed E-state index contributed by atoms with van der Waals surface area (Å²) < 4.78 is 10.4. The van der Waals surface area contributed by atoms with Gasteiger partial charge in [-0.15, -0.1) is 25.2 Å². The van der Waals surface area contributed by atoms with Crippen molar-refractivity contribution in [1.82, 2.24) is 30.0 Å². The van der Waals surface area contributed by atoms with Crippen molar-refractivity contribution in [3.8, 4) is 17.1 Å². The second kappa shape index (κ2) is 14.9. The third-order valence-corrected chi connectivity index (χ3v) is 7.00. The smallest absolute Gasteiger partial charge is 0.333 e. The van der Waals surface area contributed by atoms with Crippen LogP contribution in [0, 0.1) is 6.92 Å². The van der Waals surface area contributed by atoms with Gasteiger partial charge in [0.15, 0.2) is 0 Å². The van der Waals surface area contributed by atoms with E-state index in [2.05, 4.69) is 45.2 Å². The monoisotopic (exact) mass is 632 g/mol. The topological polar surface area (TPSA) is 137 Å². The van der Waals surface area contributed by atoms with Crippen LogP contribution in [0.5, 0.6) is 5.75 Å².